The van der Waals surface area contributed by atoms with Crippen LogP contribution in [0.25, 0.3) is 0 Å². The number of esters is 1. The van der Waals surface area contributed by atoms with Crippen LogP contribution in [0, 0.1) is 6.92 Å². The number of aryl methyl sites for hydroxylation is 1. The molecule has 0 unspecified atom stereocenters. The van der Waals surface area contributed by atoms with Crippen molar-refractivity contribution in [1.29, 1.82) is 0 Å². The molecule has 0 spiro atoms. The molecule has 1 N–H and O–H groups in total. The van der Waals surface area contributed by atoms with E-state index < -0.39 is 18.0 Å². The maximum absolute atomic E-state index is 12.3. The van der Waals surface area contributed by atoms with E-state index in [9.17, 15) is 9.59 Å². The molecule has 1 amide bonds. The molecule has 1 atom stereocenters. The van der Waals surface area contributed by atoms with Crippen LogP contribution in [-0.2, 0) is 9.53 Å². The van der Waals surface area contributed by atoms with Crippen molar-refractivity contribution in [2.75, 3.05) is 19.5 Å². The van der Waals surface area contributed by atoms with Crippen molar-refractivity contribution in [3.63, 3.8) is 0 Å². The van der Waals surface area contributed by atoms with E-state index in [0.717, 1.165) is 5.56 Å². The van der Waals surface area contributed by atoms with Gasteiger partial charge >= 0.3 is 5.97 Å². The third kappa shape index (κ3) is 4.73. The lowest BCUT2D eigenvalue weighted by Gasteiger charge is -2.15. The first-order chi connectivity index (χ1) is 11.9. The molecule has 0 aliphatic carbocycles. The molecule has 0 heterocycles. The van der Waals surface area contributed by atoms with Crippen molar-refractivity contribution >= 4 is 17.6 Å². The summed E-state index contributed by atoms with van der Waals surface area (Å²) in [6, 6.07) is 12.1. The summed E-state index contributed by atoms with van der Waals surface area (Å²) in [5.41, 5.74) is 1.95. The summed E-state index contributed by atoms with van der Waals surface area (Å²) >= 11 is 0. The van der Waals surface area contributed by atoms with Crippen LogP contribution < -0.4 is 14.8 Å². The largest absolute Gasteiger partial charge is 0.497 e. The molecule has 6 heteroatoms. The lowest BCUT2D eigenvalue weighted by Crippen LogP contribution is -2.30. The number of nitrogens with one attached hydrogen (secondary N) is 1. The molecule has 6 nitrogen and oxygen atoms in total. The van der Waals surface area contributed by atoms with Gasteiger partial charge in [0.05, 0.1) is 14.2 Å². The lowest BCUT2D eigenvalue weighted by atomic mass is 10.2. The summed E-state index contributed by atoms with van der Waals surface area (Å²) in [6.45, 7) is 3.47. The highest BCUT2D eigenvalue weighted by molar-refractivity contribution is 5.98. The molecule has 0 radical (unpaired) electrons. The zero-order chi connectivity index (χ0) is 18.4. The topological polar surface area (TPSA) is 73.9 Å². The van der Waals surface area contributed by atoms with Crippen LogP contribution in [0.1, 0.15) is 22.8 Å². The number of ether oxygens (including phenoxy) is 3. The Hall–Kier alpha value is -3.02. The summed E-state index contributed by atoms with van der Waals surface area (Å²) in [5, 5.41) is 2.71. The number of carbonyl (C=O) groups excluding carboxylic acids is 2. The molecule has 132 valence electrons. The second kappa shape index (κ2) is 8.19. The van der Waals surface area contributed by atoms with Gasteiger partial charge in [-0.25, -0.2) is 4.79 Å². The zero-order valence-corrected chi connectivity index (χ0v) is 14.7. The molecule has 0 saturated carbocycles. The minimum absolute atomic E-state index is 0.221. The van der Waals surface area contributed by atoms with Gasteiger partial charge in [0.15, 0.2) is 6.10 Å². The van der Waals surface area contributed by atoms with E-state index in [4.69, 9.17) is 14.2 Å². The fourth-order valence-corrected chi connectivity index (χ4v) is 2.13. The molecule has 0 saturated heterocycles. The smallest absolute Gasteiger partial charge is 0.342 e. The highest BCUT2D eigenvalue weighted by Crippen LogP contribution is 2.25. The van der Waals surface area contributed by atoms with E-state index in [-0.39, 0.29) is 5.56 Å². The van der Waals surface area contributed by atoms with Crippen molar-refractivity contribution in [2.45, 2.75) is 20.0 Å². The quantitative estimate of drug-likeness (QED) is 0.816. The van der Waals surface area contributed by atoms with Crippen LogP contribution in [0.4, 0.5) is 5.69 Å². The van der Waals surface area contributed by atoms with Crippen molar-refractivity contribution in [3.8, 4) is 11.5 Å². The number of hydrogen-bond donors (Lipinski definition) is 1. The van der Waals surface area contributed by atoms with Crippen molar-refractivity contribution < 1.29 is 23.8 Å². The Morgan fingerprint density at radius 2 is 1.68 bits per heavy atom. The first-order valence-electron chi connectivity index (χ1n) is 7.75. The van der Waals surface area contributed by atoms with Gasteiger partial charge in [0.2, 0.25) is 0 Å². The minimum atomic E-state index is -0.958. The first-order valence-corrected chi connectivity index (χ1v) is 7.75. The summed E-state index contributed by atoms with van der Waals surface area (Å²) in [7, 11) is 2.96. The van der Waals surface area contributed by atoms with Crippen molar-refractivity contribution in [3.05, 3.63) is 53.6 Å². The minimum Gasteiger partial charge on any atom is -0.497 e. The van der Waals surface area contributed by atoms with Crippen LogP contribution in [0.5, 0.6) is 11.5 Å². The SMILES string of the molecule is COc1ccc(C(=O)O[C@H](C)C(=O)Nc2ccc(C)cc2)c(OC)c1. The van der Waals surface area contributed by atoms with Gasteiger partial charge in [-0.15, -0.1) is 0 Å². The Morgan fingerprint density at radius 3 is 2.28 bits per heavy atom. The number of carbonyl (C=O) groups is 2. The van der Waals surface area contributed by atoms with Gasteiger partial charge < -0.3 is 19.5 Å². The molecule has 0 bridgehead atoms. The Bertz CT molecular complexity index is 755. The summed E-state index contributed by atoms with van der Waals surface area (Å²) in [4.78, 5) is 24.5. The molecule has 25 heavy (non-hydrogen) atoms. The van der Waals surface area contributed by atoms with E-state index in [1.165, 1.54) is 27.2 Å². The molecule has 2 aromatic rings. The molecular formula is C19H21NO5. The standard InChI is InChI=1S/C19H21NO5/c1-12-5-7-14(8-6-12)20-18(21)13(2)25-19(22)16-10-9-15(23-3)11-17(16)24-4/h5-11,13H,1-4H3,(H,20,21)/t13-/m1/s1. The molecule has 0 aromatic heterocycles. The van der Waals surface area contributed by atoms with Gasteiger partial charge in [0.1, 0.15) is 17.1 Å². The third-order valence-electron chi connectivity index (χ3n) is 3.60. The maximum Gasteiger partial charge on any atom is 0.342 e. The van der Waals surface area contributed by atoms with Crippen LogP contribution in [0.2, 0.25) is 0 Å². The van der Waals surface area contributed by atoms with E-state index in [0.29, 0.717) is 17.2 Å². The lowest BCUT2D eigenvalue weighted by molar-refractivity contribution is -0.123. The predicted molar refractivity (Wildman–Crippen MR) is 94.2 cm³/mol. The highest BCUT2D eigenvalue weighted by Gasteiger charge is 2.21. The van der Waals surface area contributed by atoms with Gasteiger partial charge in [-0.3, -0.25) is 4.79 Å². The van der Waals surface area contributed by atoms with E-state index in [1.807, 2.05) is 19.1 Å². The fraction of sp³-hybridized carbons (Fsp3) is 0.263. The Morgan fingerprint density at radius 1 is 1.00 bits per heavy atom. The van der Waals surface area contributed by atoms with E-state index in [2.05, 4.69) is 5.32 Å². The zero-order valence-electron chi connectivity index (χ0n) is 14.7. The fourth-order valence-electron chi connectivity index (χ4n) is 2.13. The normalized spacial score (nSPS) is 11.4. The molecule has 2 rings (SSSR count). The van der Waals surface area contributed by atoms with Gasteiger partial charge in [-0.2, -0.15) is 0 Å². The van der Waals surface area contributed by atoms with Gasteiger partial charge in [0, 0.05) is 11.8 Å². The number of anilines is 1. The Kier molecular flexibility index (Phi) is 6.00. The molecule has 0 aliphatic rings. The van der Waals surface area contributed by atoms with Gasteiger partial charge in [-0.1, -0.05) is 17.7 Å². The van der Waals surface area contributed by atoms with Crippen LogP contribution >= 0.6 is 0 Å². The van der Waals surface area contributed by atoms with Gasteiger partial charge in [0.25, 0.3) is 5.91 Å². The highest BCUT2D eigenvalue weighted by atomic mass is 16.5. The summed E-state index contributed by atoms with van der Waals surface area (Å²) in [5.74, 6) is -0.190. The number of hydrogen-bond acceptors (Lipinski definition) is 5. The van der Waals surface area contributed by atoms with E-state index >= 15 is 0 Å². The maximum atomic E-state index is 12.3. The Balaban J connectivity index is 2.04. The van der Waals surface area contributed by atoms with E-state index in [1.54, 1.807) is 24.3 Å². The van der Waals surface area contributed by atoms with Crippen LogP contribution in [-0.4, -0.2) is 32.2 Å². The number of methoxy groups -OCH3 is 2. The molecule has 0 fully saturated rings. The number of amides is 1. The summed E-state index contributed by atoms with van der Waals surface area (Å²) in [6.07, 6.45) is -0.958. The van der Waals surface area contributed by atoms with Crippen molar-refractivity contribution in [1.82, 2.24) is 0 Å². The second-order valence-corrected chi connectivity index (χ2v) is 5.47. The van der Waals surface area contributed by atoms with Gasteiger partial charge in [-0.05, 0) is 38.1 Å². The number of rotatable bonds is 6. The predicted octanol–water partition coefficient (Wildman–Crippen LogP) is 3.20. The Labute approximate surface area is 146 Å². The summed E-state index contributed by atoms with van der Waals surface area (Å²) < 4.78 is 15.5. The molecular weight excluding hydrogens is 322 g/mol. The first kappa shape index (κ1) is 18.3. The second-order valence-electron chi connectivity index (χ2n) is 5.47. The molecule has 2 aromatic carbocycles. The average molecular weight is 343 g/mol. The third-order valence-corrected chi connectivity index (χ3v) is 3.60. The van der Waals surface area contributed by atoms with Crippen LogP contribution in [0.15, 0.2) is 42.5 Å². The average Bonchev–Trinajstić information content (AvgIpc) is 2.62. The monoisotopic (exact) mass is 343 g/mol. The van der Waals surface area contributed by atoms with Crippen LogP contribution in [0.3, 0.4) is 0 Å². The number of benzene rings is 2. The van der Waals surface area contributed by atoms with Crippen molar-refractivity contribution in [2.24, 2.45) is 0 Å². The molecule has 0 aliphatic heterocycles.